The molecule has 26 heavy (non-hydrogen) atoms. The molecule has 7 heteroatoms. The van der Waals surface area contributed by atoms with Crippen molar-refractivity contribution in [3.05, 3.63) is 63.0 Å². The summed E-state index contributed by atoms with van der Waals surface area (Å²) in [5.41, 5.74) is 2.64. The number of rotatable bonds is 4. The Hall–Kier alpha value is -2.56. The molecule has 1 aliphatic heterocycles. The van der Waals surface area contributed by atoms with Gasteiger partial charge in [-0.2, -0.15) is 5.26 Å². The largest absolute Gasteiger partial charge is 0.478 e. The van der Waals surface area contributed by atoms with Crippen LogP contribution in [-0.4, -0.2) is 17.7 Å². The fourth-order valence-corrected chi connectivity index (χ4v) is 3.44. The lowest BCUT2D eigenvalue weighted by atomic mass is 10.2. The summed E-state index contributed by atoms with van der Waals surface area (Å²) in [5.74, 6) is 0.326. The van der Waals surface area contributed by atoms with E-state index >= 15 is 0 Å². The first kappa shape index (κ1) is 18.2. The summed E-state index contributed by atoms with van der Waals surface area (Å²) in [4.78, 5) is 17.2. The van der Waals surface area contributed by atoms with Crippen molar-refractivity contribution in [3.8, 4) is 11.8 Å². The summed E-state index contributed by atoms with van der Waals surface area (Å²) in [6, 6.07) is 15.1. The normalized spacial score (nSPS) is 16.6. The Balaban J connectivity index is 1.86. The smallest absolute Gasteiger partial charge is 0.264 e. The zero-order chi connectivity index (χ0) is 18.5. The van der Waals surface area contributed by atoms with Crippen LogP contribution in [-0.2, 0) is 4.79 Å². The molecule has 2 aromatic carbocycles. The van der Waals surface area contributed by atoms with Crippen molar-refractivity contribution in [1.82, 2.24) is 5.32 Å². The van der Waals surface area contributed by atoms with Crippen molar-refractivity contribution in [2.24, 2.45) is 4.99 Å². The van der Waals surface area contributed by atoms with Gasteiger partial charge in [-0.25, -0.2) is 4.99 Å². The summed E-state index contributed by atoms with van der Waals surface area (Å²) < 4.78 is 6.28. The van der Waals surface area contributed by atoms with Gasteiger partial charge in [0.05, 0.1) is 10.6 Å². The lowest BCUT2D eigenvalue weighted by Gasteiger charge is -2.07. The highest BCUT2D eigenvalue weighted by molar-refractivity contribution is 9.10. The number of nitrogens with one attached hydrogen (secondary N) is 1. The Bertz CT molecular complexity index is 946. The minimum atomic E-state index is -0.216. The third-order valence-electron chi connectivity index (χ3n) is 3.47. The minimum Gasteiger partial charge on any atom is -0.478 e. The standard InChI is InChI=1S/C19H14BrN3O2S/c1-12-2-5-15(6-3-12)22-19-23-18(24)17(26-19)11-13-10-14(20)4-7-16(13)25-9-8-21/h2-7,10-11H,9H2,1H3,(H,22,23,24)/b17-11+. The predicted molar refractivity (Wildman–Crippen MR) is 107 cm³/mol. The van der Waals surface area contributed by atoms with Crippen LogP contribution in [0.2, 0.25) is 0 Å². The van der Waals surface area contributed by atoms with Gasteiger partial charge in [0, 0.05) is 10.0 Å². The van der Waals surface area contributed by atoms with E-state index in [1.165, 1.54) is 11.8 Å². The molecule has 1 aliphatic rings. The summed E-state index contributed by atoms with van der Waals surface area (Å²) >= 11 is 4.68. The first-order valence-corrected chi connectivity index (χ1v) is 9.31. The molecule has 1 heterocycles. The molecular weight excluding hydrogens is 414 g/mol. The number of aliphatic imine (C=N–C) groups is 1. The van der Waals surface area contributed by atoms with Crippen molar-refractivity contribution < 1.29 is 9.53 Å². The zero-order valence-corrected chi connectivity index (χ0v) is 16.2. The Morgan fingerprint density at radius 3 is 2.81 bits per heavy atom. The lowest BCUT2D eigenvalue weighted by Crippen LogP contribution is -2.19. The summed E-state index contributed by atoms with van der Waals surface area (Å²) in [6.45, 7) is 1.95. The van der Waals surface area contributed by atoms with E-state index in [0.29, 0.717) is 21.4 Å². The molecule has 3 rings (SSSR count). The molecule has 0 spiro atoms. The van der Waals surface area contributed by atoms with E-state index in [0.717, 1.165) is 15.7 Å². The van der Waals surface area contributed by atoms with Crippen LogP contribution in [0, 0.1) is 18.3 Å². The van der Waals surface area contributed by atoms with Crippen molar-refractivity contribution >= 4 is 50.5 Å². The van der Waals surface area contributed by atoms with Crippen LogP contribution < -0.4 is 10.1 Å². The van der Waals surface area contributed by atoms with Gasteiger partial charge in [0.1, 0.15) is 11.8 Å². The van der Waals surface area contributed by atoms with Gasteiger partial charge in [-0.3, -0.25) is 4.79 Å². The molecule has 0 radical (unpaired) electrons. The van der Waals surface area contributed by atoms with Crippen LogP contribution in [0.25, 0.3) is 6.08 Å². The van der Waals surface area contributed by atoms with E-state index < -0.39 is 0 Å². The zero-order valence-electron chi connectivity index (χ0n) is 13.8. The number of benzene rings is 2. The number of carbonyl (C=O) groups excluding carboxylic acids is 1. The molecule has 1 saturated heterocycles. The SMILES string of the molecule is Cc1ccc(N=C2NC(=O)/C(=C\c3cc(Br)ccc3OCC#N)S2)cc1. The summed E-state index contributed by atoms with van der Waals surface area (Å²) in [7, 11) is 0. The first-order valence-electron chi connectivity index (χ1n) is 7.71. The van der Waals surface area contributed by atoms with E-state index in [1.54, 1.807) is 12.1 Å². The van der Waals surface area contributed by atoms with Crippen LogP contribution in [0.15, 0.2) is 56.8 Å². The molecule has 1 amide bonds. The van der Waals surface area contributed by atoms with Crippen molar-refractivity contribution in [3.63, 3.8) is 0 Å². The Kier molecular flexibility index (Phi) is 5.76. The summed E-state index contributed by atoms with van der Waals surface area (Å²) in [6.07, 6.45) is 1.73. The third kappa shape index (κ3) is 4.54. The third-order valence-corrected chi connectivity index (χ3v) is 4.87. The number of carbonyl (C=O) groups is 1. The number of aryl methyl sites for hydroxylation is 1. The fourth-order valence-electron chi connectivity index (χ4n) is 2.23. The fraction of sp³-hybridized carbons (Fsp3) is 0.105. The van der Waals surface area contributed by atoms with Crippen molar-refractivity contribution in [1.29, 1.82) is 5.26 Å². The van der Waals surface area contributed by atoms with Crippen LogP contribution in [0.5, 0.6) is 5.75 Å². The number of nitriles is 1. The van der Waals surface area contributed by atoms with E-state index in [4.69, 9.17) is 10.00 Å². The number of hydrogen-bond donors (Lipinski definition) is 1. The molecule has 0 aromatic heterocycles. The van der Waals surface area contributed by atoms with Gasteiger partial charge in [-0.15, -0.1) is 0 Å². The van der Waals surface area contributed by atoms with Gasteiger partial charge >= 0.3 is 0 Å². The quantitative estimate of drug-likeness (QED) is 0.725. The average Bonchev–Trinajstić information content (AvgIpc) is 2.95. The van der Waals surface area contributed by atoms with Crippen LogP contribution >= 0.6 is 27.7 Å². The number of ether oxygens (including phenoxy) is 1. The Morgan fingerprint density at radius 1 is 1.31 bits per heavy atom. The second-order valence-electron chi connectivity index (χ2n) is 5.45. The van der Waals surface area contributed by atoms with E-state index in [1.807, 2.05) is 49.4 Å². The molecule has 5 nitrogen and oxygen atoms in total. The number of thioether (sulfide) groups is 1. The number of halogens is 1. The van der Waals surface area contributed by atoms with Gasteiger partial charge < -0.3 is 10.1 Å². The first-order chi connectivity index (χ1) is 12.5. The monoisotopic (exact) mass is 427 g/mol. The number of amides is 1. The Morgan fingerprint density at radius 2 is 2.08 bits per heavy atom. The van der Waals surface area contributed by atoms with Gasteiger partial charge in [0.25, 0.3) is 5.91 Å². The molecule has 0 atom stereocenters. The molecule has 130 valence electrons. The van der Waals surface area contributed by atoms with Crippen LogP contribution in [0.3, 0.4) is 0 Å². The van der Waals surface area contributed by atoms with Gasteiger partial charge in [0.2, 0.25) is 0 Å². The maximum Gasteiger partial charge on any atom is 0.264 e. The Labute approximate surface area is 163 Å². The highest BCUT2D eigenvalue weighted by Gasteiger charge is 2.24. The highest BCUT2D eigenvalue weighted by Crippen LogP contribution is 2.32. The van der Waals surface area contributed by atoms with E-state index in [2.05, 4.69) is 26.2 Å². The maximum atomic E-state index is 12.3. The second kappa shape index (κ2) is 8.21. The van der Waals surface area contributed by atoms with Gasteiger partial charge in [0.15, 0.2) is 11.8 Å². The number of amidine groups is 1. The van der Waals surface area contributed by atoms with Crippen molar-refractivity contribution in [2.45, 2.75) is 6.92 Å². The van der Waals surface area contributed by atoms with Gasteiger partial charge in [-0.1, -0.05) is 33.6 Å². The maximum absolute atomic E-state index is 12.3. The number of nitrogens with zero attached hydrogens (tertiary/aromatic N) is 2. The average molecular weight is 428 g/mol. The molecular formula is C19H14BrN3O2S. The number of hydrogen-bond acceptors (Lipinski definition) is 5. The van der Waals surface area contributed by atoms with Crippen molar-refractivity contribution in [2.75, 3.05) is 6.61 Å². The molecule has 0 bridgehead atoms. The molecule has 2 aromatic rings. The van der Waals surface area contributed by atoms with Crippen LogP contribution in [0.1, 0.15) is 11.1 Å². The molecule has 0 saturated carbocycles. The van der Waals surface area contributed by atoms with Gasteiger partial charge in [-0.05, 0) is 55.1 Å². The molecule has 1 fully saturated rings. The molecule has 0 aliphatic carbocycles. The van der Waals surface area contributed by atoms with Crippen LogP contribution in [0.4, 0.5) is 5.69 Å². The van der Waals surface area contributed by atoms with E-state index in [9.17, 15) is 4.79 Å². The topological polar surface area (TPSA) is 74.5 Å². The predicted octanol–water partition coefficient (Wildman–Crippen LogP) is 4.55. The van der Waals surface area contributed by atoms with E-state index in [-0.39, 0.29) is 12.5 Å². The molecule has 1 N–H and O–H groups in total. The summed E-state index contributed by atoms with van der Waals surface area (Å²) in [5, 5.41) is 12.0. The second-order valence-corrected chi connectivity index (χ2v) is 7.39. The highest BCUT2D eigenvalue weighted by atomic mass is 79.9. The molecule has 0 unspecified atom stereocenters. The minimum absolute atomic E-state index is 0.0583. The lowest BCUT2D eigenvalue weighted by molar-refractivity contribution is -0.115.